The highest BCUT2D eigenvalue weighted by Crippen LogP contribution is 2.31. The molecule has 0 aromatic heterocycles. The van der Waals surface area contributed by atoms with Crippen LogP contribution in [-0.4, -0.2) is 60.5 Å². The van der Waals surface area contributed by atoms with Gasteiger partial charge in [0.15, 0.2) is 0 Å². The second kappa shape index (κ2) is 7.50. The number of amides is 1. The van der Waals surface area contributed by atoms with Gasteiger partial charge in [0, 0.05) is 32.2 Å². The zero-order valence-corrected chi connectivity index (χ0v) is 15.0. The molecule has 1 saturated carbocycles. The standard InChI is InChI=1S/C17H31N3O.ClH/c1-17(2)8-5-9-18-15(17)16(21)20-12-10-19(11-13-20)14-6-3-4-7-14;/h14-15,18H,3-13H2,1-2H3;1H. The molecule has 3 rings (SSSR count). The molecule has 1 N–H and O–H groups in total. The Bertz CT molecular complexity index is 374. The molecule has 1 atom stereocenters. The second-order valence-corrected chi connectivity index (χ2v) is 7.78. The van der Waals surface area contributed by atoms with Crippen molar-refractivity contribution in [2.45, 2.75) is 64.5 Å². The van der Waals surface area contributed by atoms with Gasteiger partial charge in [-0.3, -0.25) is 9.69 Å². The fourth-order valence-corrected chi connectivity index (χ4v) is 4.39. The molecule has 4 nitrogen and oxygen atoms in total. The topological polar surface area (TPSA) is 35.6 Å². The Hall–Kier alpha value is -0.320. The molecule has 0 spiro atoms. The minimum atomic E-state index is 0. The molecule has 1 amide bonds. The van der Waals surface area contributed by atoms with E-state index in [0.717, 1.165) is 45.2 Å². The quantitative estimate of drug-likeness (QED) is 0.844. The van der Waals surface area contributed by atoms with Gasteiger partial charge in [0.2, 0.25) is 5.91 Å². The van der Waals surface area contributed by atoms with Gasteiger partial charge < -0.3 is 10.2 Å². The number of hydrogen-bond donors (Lipinski definition) is 1. The van der Waals surface area contributed by atoms with E-state index in [1.807, 2.05) is 0 Å². The number of rotatable bonds is 2. The summed E-state index contributed by atoms with van der Waals surface area (Å²) in [4.78, 5) is 17.6. The van der Waals surface area contributed by atoms with Gasteiger partial charge in [0.25, 0.3) is 0 Å². The van der Waals surface area contributed by atoms with Crippen LogP contribution in [-0.2, 0) is 4.79 Å². The van der Waals surface area contributed by atoms with E-state index in [-0.39, 0.29) is 23.9 Å². The van der Waals surface area contributed by atoms with Crippen LogP contribution in [0.2, 0.25) is 0 Å². The number of piperazine rings is 1. The average molecular weight is 330 g/mol. The average Bonchev–Trinajstić information content (AvgIpc) is 3.00. The van der Waals surface area contributed by atoms with Crippen LogP contribution in [0.5, 0.6) is 0 Å². The van der Waals surface area contributed by atoms with Crippen LogP contribution >= 0.6 is 12.4 Å². The lowest BCUT2D eigenvalue weighted by Gasteiger charge is -2.44. The summed E-state index contributed by atoms with van der Waals surface area (Å²) >= 11 is 0. The van der Waals surface area contributed by atoms with Crippen molar-refractivity contribution in [2.75, 3.05) is 32.7 Å². The van der Waals surface area contributed by atoms with Gasteiger partial charge in [-0.15, -0.1) is 12.4 Å². The van der Waals surface area contributed by atoms with Crippen LogP contribution in [0.15, 0.2) is 0 Å². The maximum absolute atomic E-state index is 12.8. The molecule has 22 heavy (non-hydrogen) atoms. The first-order valence-electron chi connectivity index (χ1n) is 8.84. The molecule has 1 aliphatic carbocycles. The van der Waals surface area contributed by atoms with Gasteiger partial charge in [-0.25, -0.2) is 0 Å². The number of hydrogen-bond acceptors (Lipinski definition) is 3. The monoisotopic (exact) mass is 329 g/mol. The molecule has 5 heteroatoms. The molecular weight excluding hydrogens is 298 g/mol. The summed E-state index contributed by atoms with van der Waals surface area (Å²) in [6.07, 6.45) is 7.86. The lowest BCUT2D eigenvalue weighted by molar-refractivity contribution is -0.139. The van der Waals surface area contributed by atoms with Crippen LogP contribution in [0.4, 0.5) is 0 Å². The number of halogens is 1. The van der Waals surface area contributed by atoms with Gasteiger partial charge in [0.05, 0.1) is 6.04 Å². The van der Waals surface area contributed by atoms with Crippen molar-refractivity contribution in [2.24, 2.45) is 5.41 Å². The van der Waals surface area contributed by atoms with E-state index in [9.17, 15) is 4.79 Å². The third-order valence-electron chi connectivity index (χ3n) is 5.84. The van der Waals surface area contributed by atoms with Crippen molar-refractivity contribution in [3.05, 3.63) is 0 Å². The third-order valence-corrected chi connectivity index (χ3v) is 5.84. The van der Waals surface area contributed by atoms with Gasteiger partial charge in [-0.1, -0.05) is 26.7 Å². The summed E-state index contributed by atoms with van der Waals surface area (Å²) in [6, 6.07) is 0.816. The molecule has 128 valence electrons. The molecule has 1 unspecified atom stereocenters. The Kier molecular flexibility index (Phi) is 6.14. The number of nitrogens with zero attached hydrogens (tertiary/aromatic N) is 2. The highest BCUT2D eigenvalue weighted by molar-refractivity contribution is 5.85. The van der Waals surface area contributed by atoms with E-state index >= 15 is 0 Å². The van der Waals surface area contributed by atoms with E-state index in [0.29, 0.717) is 5.91 Å². The number of carbonyl (C=O) groups excluding carboxylic acids is 1. The van der Waals surface area contributed by atoms with E-state index in [1.54, 1.807) is 0 Å². The molecule has 0 radical (unpaired) electrons. The van der Waals surface area contributed by atoms with Crippen LogP contribution in [0.25, 0.3) is 0 Å². The molecule has 0 bridgehead atoms. The highest BCUT2D eigenvalue weighted by Gasteiger charge is 2.40. The molecule has 3 fully saturated rings. The van der Waals surface area contributed by atoms with Gasteiger partial charge in [0.1, 0.15) is 0 Å². The molecule has 2 aliphatic heterocycles. The summed E-state index contributed by atoms with van der Waals surface area (Å²) in [5, 5.41) is 3.47. The predicted molar refractivity (Wildman–Crippen MR) is 92.5 cm³/mol. The summed E-state index contributed by atoms with van der Waals surface area (Å²) in [5.74, 6) is 0.339. The lowest BCUT2D eigenvalue weighted by atomic mass is 9.77. The van der Waals surface area contributed by atoms with Crippen molar-refractivity contribution >= 4 is 18.3 Å². The van der Waals surface area contributed by atoms with Crippen molar-refractivity contribution in [3.63, 3.8) is 0 Å². The zero-order chi connectivity index (χ0) is 14.9. The SMILES string of the molecule is CC1(C)CCCNC1C(=O)N1CCN(C2CCCC2)CC1.Cl. The third kappa shape index (κ3) is 3.77. The van der Waals surface area contributed by atoms with Crippen molar-refractivity contribution in [1.82, 2.24) is 15.1 Å². The van der Waals surface area contributed by atoms with Crippen molar-refractivity contribution in [3.8, 4) is 0 Å². The summed E-state index contributed by atoms with van der Waals surface area (Å²) < 4.78 is 0. The molecule has 3 aliphatic rings. The largest absolute Gasteiger partial charge is 0.339 e. The summed E-state index contributed by atoms with van der Waals surface area (Å²) in [6.45, 7) is 9.44. The van der Waals surface area contributed by atoms with Crippen LogP contribution in [0.3, 0.4) is 0 Å². The number of piperidine rings is 1. The molecule has 0 aromatic rings. The van der Waals surface area contributed by atoms with Gasteiger partial charge in [-0.05, 0) is 37.6 Å². The normalized spacial score (nSPS) is 30.1. The first kappa shape index (κ1) is 18.0. The van der Waals surface area contributed by atoms with Crippen molar-refractivity contribution < 1.29 is 4.79 Å². The maximum Gasteiger partial charge on any atom is 0.240 e. The first-order chi connectivity index (χ1) is 10.1. The Balaban J connectivity index is 0.00000176. The minimum absolute atomic E-state index is 0. The maximum atomic E-state index is 12.8. The fourth-order valence-electron chi connectivity index (χ4n) is 4.39. The molecule has 2 saturated heterocycles. The van der Waals surface area contributed by atoms with Crippen molar-refractivity contribution in [1.29, 1.82) is 0 Å². The number of carbonyl (C=O) groups is 1. The predicted octanol–water partition coefficient (Wildman–Crippen LogP) is 2.27. The Morgan fingerprint density at radius 1 is 1.05 bits per heavy atom. The molecule has 2 heterocycles. The van der Waals surface area contributed by atoms with Crippen LogP contribution in [0, 0.1) is 5.41 Å². The second-order valence-electron chi connectivity index (χ2n) is 7.78. The van der Waals surface area contributed by atoms with E-state index < -0.39 is 0 Å². The van der Waals surface area contributed by atoms with E-state index in [2.05, 4.69) is 29.0 Å². The van der Waals surface area contributed by atoms with Crippen LogP contribution in [0.1, 0.15) is 52.4 Å². The van der Waals surface area contributed by atoms with Gasteiger partial charge >= 0.3 is 0 Å². The summed E-state index contributed by atoms with van der Waals surface area (Å²) in [7, 11) is 0. The zero-order valence-electron chi connectivity index (χ0n) is 14.1. The number of nitrogens with one attached hydrogen (secondary N) is 1. The smallest absolute Gasteiger partial charge is 0.240 e. The molecule has 0 aromatic carbocycles. The minimum Gasteiger partial charge on any atom is -0.339 e. The highest BCUT2D eigenvalue weighted by atomic mass is 35.5. The lowest BCUT2D eigenvalue weighted by Crippen LogP contribution is -2.60. The Labute approximate surface area is 141 Å². The van der Waals surface area contributed by atoms with E-state index in [1.165, 1.54) is 32.1 Å². The molecular formula is C17H32ClN3O. The Morgan fingerprint density at radius 2 is 1.68 bits per heavy atom. The Morgan fingerprint density at radius 3 is 2.27 bits per heavy atom. The fraction of sp³-hybridized carbons (Fsp3) is 0.941. The van der Waals surface area contributed by atoms with E-state index in [4.69, 9.17) is 0 Å². The summed E-state index contributed by atoms with van der Waals surface area (Å²) in [5.41, 5.74) is 0.0952. The van der Waals surface area contributed by atoms with Crippen LogP contribution < -0.4 is 5.32 Å². The first-order valence-corrected chi connectivity index (χ1v) is 8.84. The van der Waals surface area contributed by atoms with Gasteiger partial charge in [-0.2, -0.15) is 0 Å².